The Labute approximate surface area is 98.0 Å². The number of halogens is 1. The van der Waals surface area contributed by atoms with E-state index in [4.69, 9.17) is 4.74 Å². The Hall–Kier alpha value is -0.650. The van der Waals surface area contributed by atoms with Crippen LogP contribution in [0, 0.1) is 0 Å². The van der Waals surface area contributed by atoms with Gasteiger partial charge >= 0.3 is 0 Å². The number of hydrogen-bond acceptors (Lipinski definition) is 4. The Kier molecular flexibility index (Phi) is 5.01. The van der Waals surface area contributed by atoms with Crippen molar-refractivity contribution in [2.45, 2.75) is 6.10 Å². The second-order valence-corrected chi connectivity index (χ2v) is 4.12. The molecule has 0 fully saturated rings. The smallest absolute Gasteiger partial charge is 0.129 e. The number of anilines is 1. The van der Waals surface area contributed by atoms with Gasteiger partial charge in [-0.15, -0.1) is 0 Å². The molecule has 0 bridgehead atoms. The standard InChI is InChI=1S/C10H15BrN2O2/c1-13(6-8(14)7-15-2)10-5-3-4-9(11)12-10/h3-5,8,14H,6-7H2,1-2H3. The molecular weight excluding hydrogens is 260 g/mol. The lowest BCUT2D eigenvalue weighted by atomic mass is 10.3. The molecule has 5 heteroatoms. The molecule has 0 radical (unpaired) electrons. The quantitative estimate of drug-likeness (QED) is 0.822. The van der Waals surface area contributed by atoms with Crippen LogP contribution in [0.4, 0.5) is 5.82 Å². The lowest BCUT2D eigenvalue weighted by Crippen LogP contribution is -2.32. The maximum Gasteiger partial charge on any atom is 0.129 e. The Morgan fingerprint density at radius 1 is 1.60 bits per heavy atom. The van der Waals surface area contributed by atoms with Crippen molar-refractivity contribution in [3.8, 4) is 0 Å². The number of likely N-dealkylation sites (N-methyl/N-ethyl adjacent to an activating group) is 1. The fourth-order valence-electron chi connectivity index (χ4n) is 1.26. The molecule has 1 aromatic rings. The SMILES string of the molecule is COCC(O)CN(C)c1cccc(Br)n1. The fourth-order valence-corrected chi connectivity index (χ4v) is 1.60. The molecule has 1 unspecified atom stereocenters. The third-order valence-corrected chi connectivity index (χ3v) is 2.38. The number of nitrogens with zero attached hydrogens (tertiary/aromatic N) is 2. The van der Waals surface area contributed by atoms with E-state index in [9.17, 15) is 5.11 Å². The molecule has 0 aromatic carbocycles. The van der Waals surface area contributed by atoms with Crippen molar-refractivity contribution < 1.29 is 9.84 Å². The van der Waals surface area contributed by atoms with Gasteiger partial charge in [0.05, 0.1) is 12.7 Å². The zero-order valence-corrected chi connectivity index (χ0v) is 10.4. The summed E-state index contributed by atoms with van der Waals surface area (Å²) in [5.41, 5.74) is 0. The summed E-state index contributed by atoms with van der Waals surface area (Å²) in [4.78, 5) is 6.16. The third-order valence-electron chi connectivity index (χ3n) is 1.94. The highest BCUT2D eigenvalue weighted by atomic mass is 79.9. The van der Waals surface area contributed by atoms with Gasteiger partial charge in [0.1, 0.15) is 10.4 Å². The first-order valence-electron chi connectivity index (χ1n) is 4.64. The molecule has 0 saturated carbocycles. The Bertz CT molecular complexity index is 309. The molecule has 0 aliphatic heterocycles. The van der Waals surface area contributed by atoms with Crippen LogP contribution < -0.4 is 4.90 Å². The summed E-state index contributed by atoms with van der Waals surface area (Å²) in [5, 5.41) is 9.54. The van der Waals surface area contributed by atoms with E-state index in [0.717, 1.165) is 10.4 Å². The maximum absolute atomic E-state index is 9.54. The van der Waals surface area contributed by atoms with Gasteiger partial charge in [-0.25, -0.2) is 4.98 Å². The van der Waals surface area contributed by atoms with E-state index in [1.807, 2.05) is 30.1 Å². The zero-order chi connectivity index (χ0) is 11.3. The number of aliphatic hydroxyl groups excluding tert-OH is 1. The van der Waals surface area contributed by atoms with Crippen molar-refractivity contribution in [2.75, 3.05) is 32.2 Å². The zero-order valence-electron chi connectivity index (χ0n) is 8.85. The van der Waals surface area contributed by atoms with Gasteiger partial charge in [-0.05, 0) is 28.1 Å². The molecule has 0 aliphatic carbocycles. The van der Waals surface area contributed by atoms with Crippen LogP contribution in [0.15, 0.2) is 22.8 Å². The van der Waals surface area contributed by atoms with E-state index < -0.39 is 6.10 Å². The largest absolute Gasteiger partial charge is 0.389 e. The van der Waals surface area contributed by atoms with Gasteiger partial charge in [0.15, 0.2) is 0 Å². The van der Waals surface area contributed by atoms with Crippen LogP contribution in [0.1, 0.15) is 0 Å². The second kappa shape index (κ2) is 6.05. The minimum absolute atomic E-state index is 0.332. The van der Waals surface area contributed by atoms with E-state index in [1.165, 1.54) is 0 Å². The summed E-state index contributed by atoms with van der Waals surface area (Å²) < 4.78 is 5.64. The van der Waals surface area contributed by atoms with Gasteiger partial charge in [0.25, 0.3) is 0 Å². The van der Waals surface area contributed by atoms with Crippen LogP contribution in [-0.4, -0.2) is 43.5 Å². The molecular formula is C10H15BrN2O2. The molecule has 1 rings (SSSR count). The molecule has 84 valence electrons. The fraction of sp³-hybridized carbons (Fsp3) is 0.500. The summed E-state index contributed by atoms with van der Waals surface area (Å²) in [6.07, 6.45) is -0.499. The first-order chi connectivity index (χ1) is 7.13. The van der Waals surface area contributed by atoms with Crippen molar-refractivity contribution in [3.05, 3.63) is 22.8 Å². The number of pyridine rings is 1. The van der Waals surface area contributed by atoms with E-state index in [2.05, 4.69) is 20.9 Å². The Morgan fingerprint density at radius 2 is 2.33 bits per heavy atom. The van der Waals surface area contributed by atoms with Gasteiger partial charge in [-0.2, -0.15) is 0 Å². The lowest BCUT2D eigenvalue weighted by molar-refractivity contribution is 0.0694. The molecule has 1 N–H and O–H groups in total. The molecule has 1 heterocycles. The van der Waals surface area contributed by atoms with Crippen LogP contribution in [-0.2, 0) is 4.74 Å². The highest BCUT2D eigenvalue weighted by Crippen LogP contribution is 2.13. The number of rotatable bonds is 5. The first kappa shape index (κ1) is 12.4. The van der Waals surface area contributed by atoms with E-state index in [-0.39, 0.29) is 0 Å². The van der Waals surface area contributed by atoms with Crippen molar-refractivity contribution in [1.29, 1.82) is 0 Å². The monoisotopic (exact) mass is 274 g/mol. The van der Waals surface area contributed by atoms with Gasteiger partial charge in [0.2, 0.25) is 0 Å². The number of hydrogen-bond donors (Lipinski definition) is 1. The van der Waals surface area contributed by atoms with Crippen molar-refractivity contribution >= 4 is 21.7 Å². The number of methoxy groups -OCH3 is 1. The van der Waals surface area contributed by atoms with Gasteiger partial charge in [0, 0.05) is 20.7 Å². The van der Waals surface area contributed by atoms with Crippen molar-refractivity contribution in [3.63, 3.8) is 0 Å². The highest BCUT2D eigenvalue weighted by Gasteiger charge is 2.09. The average Bonchev–Trinajstić information content (AvgIpc) is 2.18. The molecule has 1 atom stereocenters. The minimum atomic E-state index is -0.499. The third kappa shape index (κ3) is 4.15. The summed E-state index contributed by atoms with van der Waals surface area (Å²) >= 11 is 3.30. The van der Waals surface area contributed by atoms with Crippen LogP contribution >= 0.6 is 15.9 Å². The number of aromatic nitrogens is 1. The predicted octanol–water partition coefficient (Wildman–Crippen LogP) is 1.29. The van der Waals surface area contributed by atoms with Gasteiger partial charge in [-0.3, -0.25) is 0 Å². The van der Waals surface area contributed by atoms with E-state index >= 15 is 0 Å². The highest BCUT2D eigenvalue weighted by molar-refractivity contribution is 9.10. The average molecular weight is 275 g/mol. The van der Waals surface area contributed by atoms with Crippen LogP contribution in [0.25, 0.3) is 0 Å². The minimum Gasteiger partial charge on any atom is -0.389 e. The van der Waals surface area contributed by atoms with Gasteiger partial charge < -0.3 is 14.7 Å². The van der Waals surface area contributed by atoms with Crippen LogP contribution in [0.3, 0.4) is 0 Å². The maximum atomic E-state index is 9.54. The van der Waals surface area contributed by atoms with E-state index in [0.29, 0.717) is 13.2 Å². The van der Waals surface area contributed by atoms with Crippen LogP contribution in [0.5, 0.6) is 0 Å². The van der Waals surface area contributed by atoms with Crippen LogP contribution in [0.2, 0.25) is 0 Å². The number of aliphatic hydroxyl groups is 1. The molecule has 15 heavy (non-hydrogen) atoms. The predicted molar refractivity (Wildman–Crippen MR) is 63.1 cm³/mol. The summed E-state index contributed by atoms with van der Waals surface area (Å²) in [6.45, 7) is 0.829. The molecule has 0 saturated heterocycles. The molecule has 1 aromatic heterocycles. The summed E-state index contributed by atoms with van der Waals surface area (Å²) in [7, 11) is 3.45. The molecule has 4 nitrogen and oxygen atoms in total. The normalized spacial score (nSPS) is 12.5. The Balaban J connectivity index is 2.56. The van der Waals surface area contributed by atoms with E-state index in [1.54, 1.807) is 7.11 Å². The summed E-state index contributed by atoms with van der Waals surface area (Å²) in [6, 6.07) is 5.67. The Morgan fingerprint density at radius 3 is 2.93 bits per heavy atom. The van der Waals surface area contributed by atoms with Crippen molar-refractivity contribution in [1.82, 2.24) is 4.98 Å². The molecule has 0 aliphatic rings. The second-order valence-electron chi connectivity index (χ2n) is 3.31. The topological polar surface area (TPSA) is 45.6 Å². The first-order valence-corrected chi connectivity index (χ1v) is 5.43. The van der Waals surface area contributed by atoms with Gasteiger partial charge in [-0.1, -0.05) is 6.07 Å². The molecule has 0 spiro atoms. The van der Waals surface area contributed by atoms with Crippen molar-refractivity contribution in [2.24, 2.45) is 0 Å². The lowest BCUT2D eigenvalue weighted by Gasteiger charge is -2.21. The molecule has 0 amide bonds. The summed E-state index contributed by atoms with van der Waals surface area (Å²) in [5.74, 6) is 0.819. The number of ether oxygens (including phenoxy) is 1.